The molecule has 0 aromatic heterocycles. The number of hydrogen-bond donors (Lipinski definition) is 1. The Hall–Kier alpha value is -0.820. The van der Waals surface area contributed by atoms with Crippen molar-refractivity contribution in [3.8, 4) is 0 Å². The highest BCUT2D eigenvalue weighted by Crippen LogP contribution is 2.36. The SMILES string of the molecule is CC1(C(=O)O)CCN(S(=O)(=O)c2cccc(Cl)c2Cl)CC1. The van der Waals surface area contributed by atoms with Crippen molar-refractivity contribution in [3.63, 3.8) is 0 Å². The highest BCUT2D eigenvalue weighted by atomic mass is 35.5. The Morgan fingerprint density at radius 2 is 1.86 bits per heavy atom. The average Bonchev–Trinajstić information content (AvgIpc) is 2.42. The van der Waals surface area contributed by atoms with Gasteiger partial charge in [0, 0.05) is 13.1 Å². The third-order valence-corrected chi connectivity index (χ3v) is 6.75. The van der Waals surface area contributed by atoms with Gasteiger partial charge >= 0.3 is 5.97 Å². The molecule has 0 bridgehead atoms. The first-order valence-electron chi connectivity index (χ1n) is 6.36. The maximum atomic E-state index is 12.6. The molecule has 1 aliphatic heterocycles. The van der Waals surface area contributed by atoms with Gasteiger partial charge in [0.25, 0.3) is 0 Å². The van der Waals surface area contributed by atoms with Gasteiger partial charge in [-0.1, -0.05) is 29.3 Å². The molecule has 1 aliphatic rings. The number of halogens is 2. The van der Waals surface area contributed by atoms with Gasteiger partial charge in [-0.2, -0.15) is 4.31 Å². The predicted molar refractivity (Wildman–Crippen MR) is 80.2 cm³/mol. The van der Waals surface area contributed by atoms with Crippen LogP contribution in [0.2, 0.25) is 10.0 Å². The third-order valence-electron chi connectivity index (χ3n) is 3.88. The molecule has 0 atom stereocenters. The van der Waals surface area contributed by atoms with Crippen LogP contribution in [-0.2, 0) is 14.8 Å². The highest BCUT2D eigenvalue weighted by Gasteiger charge is 2.40. The quantitative estimate of drug-likeness (QED) is 0.908. The highest BCUT2D eigenvalue weighted by molar-refractivity contribution is 7.89. The van der Waals surface area contributed by atoms with Gasteiger partial charge in [0.05, 0.1) is 15.5 Å². The summed E-state index contributed by atoms with van der Waals surface area (Å²) in [6, 6.07) is 4.43. The lowest BCUT2D eigenvalue weighted by atomic mass is 9.81. The summed E-state index contributed by atoms with van der Waals surface area (Å²) in [7, 11) is -3.77. The number of nitrogens with zero attached hydrogens (tertiary/aromatic N) is 1. The molecule has 1 saturated heterocycles. The first-order valence-corrected chi connectivity index (χ1v) is 8.56. The van der Waals surface area contributed by atoms with E-state index in [4.69, 9.17) is 23.2 Å². The number of piperidine rings is 1. The lowest BCUT2D eigenvalue weighted by Gasteiger charge is -2.35. The van der Waals surface area contributed by atoms with Crippen molar-refractivity contribution in [1.82, 2.24) is 4.31 Å². The normalized spacial score (nSPS) is 19.4. The number of carboxylic acids is 1. The molecule has 0 radical (unpaired) electrons. The summed E-state index contributed by atoms with van der Waals surface area (Å²) < 4.78 is 26.4. The Morgan fingerprint density at radius 1 is 1.29 bits per heavy atom. The molecule has 0 amide bonds. The van der Waals surface area contributed by atoms with E-state index in [1.807, 2.05) is 0 Å². The van der Waals surface area contributed by atoms with Gasteiger partial charge in [-0.25, -0.2) is 8.42 Å². The summed E-state index contributed by atoms with van der Waals surface area (Å²) in [5.74, 6) is -0.902. The van der Waals surface area contributed by atoms with Crippen LogP contribution in [0.15, 0.2) is 23.1 Å². The minimum absolute atomic E-state index is 0.00858. The minimum Gasteiger partial charge on any atom is -0.481 e. The largest absolute Gasteiger partial charge is 0.481 e. The van der Waals surface area contributed by atoms with Gasteiger partial charge in [-0.15, -0.1) is 0 Å². The van der Waals surface area contributed by atoms with Crippen molar-refractivity contribution in [1.29, 1.82) is 0 Å². The molecule has 116 valence electrons. The number of sulfonamides is 1. The predicted octanol–water partition coefficient (Wildman–Crippen LogP) is 2.87. The molecule has 0 aliphatic carbocycles. The van der Waals surface area contributed by atoms with Crippen LogP contribution in [0.25, 0.3) is 0 Å². The van der Waals surface area contributed by atoms with E-state index in [2.05, 4.69) is 0 Å². The molecule has 5 nitrogen and oxygen atoms in total. The van der Waals surface area contributed by atoms with Crippen molar-refractivity contribution in [2.24, 2.45) is 5.41 Å². The topological polar surface area (TPSA) is 74.7 Å². The van der Waals surface area contributed by atoms with Gasteiger partial charge in [0.2, 0.25) is 10.0 Å². The van der Waals surface area contributed by atoms with Gasteiger partial charge < -0.3 is 5.11 Å². The molecule has 1 aromatic rings. The molecular weight excluding hydrogens is 337 g/mol. The Labute approximate surface area is 133 Å². The second kappa shape index (κ2) is 5.76. The van der Waals surface area contributed by atoms with Crippen molar-refractivity contribution in [2.75, 3.05) is 13.1 Å². The standard InChI is InChI=1S/C13H15Cl2NO4S/c1-13(12(17)18)5-7-16(8-6-13)21(19,20)10-4-2-3-9(14)11(10)15/h2-4H,5-8H2,1H3,(H,17,18). The Kier molecular flexibility index (Phi) is 4.54. The Bertz CT molecular complexity index is 667. The zero-order valence-corrected chi connectivity index (χ0v) is 13.7. The average molecular weight is 352 g/mol. The van der Waals surface area contributed by atoms with E-state index in [9.17, 15) is 18.3 Å². The van der Waals surface area contributed by atoms with Gasteiger partial charge in [-0.05, 0) is 31.9 Å². The van der Waals surface area contributed by atoms with Gasteiger partial charge in [0.1, 0.15) is 4.90 Å². The summed E-state index contributed by atoms with van der Waals surface area (Å²) in [6.45, 7) is 1.92. The van der Waals surface area contributed by atoms with Crippen LogP contribution in [-0.4, -0.2) is 36.9 Å². The smallest absolute Gasteiger partial charge is 0.309 e. The molecule has 1 aromatic carbocycles. The number of aliphatic carboxylic acids is 1. The van der Waals surface area contributed by atoms with Gasteiger partial charge in [-0.3, -0.25) is 4.79 Å². The second-order valence-corrected chi connectivity index (χ2v) is 8.01. The van der Waals surface area contributed by atoms with Crippen LogP contribution >= 0.6 is 23.2 Å². The number of carboxylic acid groups (broad SMARTS) is 1. The van der Waals surface area contributed by atoms with Crippen molar-refractivity contribution < 1.29 is 18.3 Å². The van der Waals surface area contributed by atoms with E-state index in [0.717, 1.165) is 0 Å². The first-order chi connectivity index (χ1) is 9.68. The summed E-state index contributed by atoms with van der Waals surface area (Å²) in [5.41, 5.74) is -0.885. The summed E-state index contributed by atoms with van der Waals surface area (Å²) in [4.78, 5) is 11.1. The zero-order valence-electron chi connectivity index (χ0n) is 11.3. The summed E-state index contributed by atoms with van der Waals surface area (Å²) in [5, 5.41) is 9.34. The van der Waals surface area contributed by atoms with Crippen LogP contribution in [0, 0.1) is 5.41 Å². The van der Waals surface area contributed by atoms with Crippen molar-refractivity contribution >= 4 is 39.2 Å². The second-order valence-electron chi connectivity index (χ2n) is 5.32. The van der Waals surface area contributed by atoms with Crippen LogP contribution < -0.4 is 0 Å². The molecule has 2 rings (SSSR count). The molecule has 0 unspecified atom stereocenters. The molecule has 21 heavy (non-hydrogen) atoms. The molecule has 1 fully saturated rings. The van der Waals surface area contributed by atoms with Crippen LogP contribution in [0.1, 0.15) is 19.8 Å². The maximum absolute atomic E-state index is 12.6. The fourth-order valence-electron chi connectivity index (χ4n) is 2.26. The summed E-state index contributed by atoms with van der Waals surface area (Å²) in [6.07, 6.45) is 0.527. The number of hydrogen-bond acceptors (Lipinski definition) is 3. The molecular formula is C13H15Cl2NO4S. The molecule has 0 spiro atoms. The van der Waals surface area contributed by atoms with Gasteiger partial charge in [0.15, 0.2) is 0 Å². The van der Waals surface area contributed by atoms with Crippen LogP contribution in [0.3, 0.4) is 0 Å². The van der Waals surface area contributed by atoms with Crippen LogP contribution in [0.5, 0.6) is 0 Å². The monoisotopic (exact) mass is 351 g/mol. The lowest BCUT2D eigenvalue weighted by Crippen LogP contribution is -2.45. The number of carbonyl (C=O) groups is 1. The fourth-order valence-corrected chi connectivity index (χ4v) is 4.43. The Morgan fingerprint density at radius 3 is 2.38 bits per heavy atom. The van der Waals surface area contributed by atoms with E-state index in [0.29, 0.717) is 0 Å². The number of benzene rings is 1. The number of rotatable bonds is 3. The lowest BCUT2D eigenvalue weighted by molar-refractivity contribution is -0.150. The third kappa shape index (κ3) is 3.04. The van der Waals surface area contributed by atoms with E-state index >= 15 is 0 Å². The molecule has 1 N–H and O–H groups in total. The molecule has 8 heteroatoms. The first kappa shape index (κ1) is 16.5. The van der Waals surface area contributed by atoms with Crippen LogP contribution in [0.4, 0.5) is 0 Å². The van der Waals surface area contributed by atoms with E-state index in [1.165, 1.54) is 22.5 Å². The van der Waals surface area contributed by atoms with E-state index in [-0.39, 0.29) is 40.9 Å². The van der Waals surface area contributed by atoms with Crippen molar-refractivity contribution in [3.05, 3.63) is 28.2 Å². The zero-order chi connectivity index (χ0) is 15.8. The van der Waals surface area contributed by atoms with Crippen molar-refractivity contribution in [2.45, 2.75) is 24.7 Å². The Balaban J connectivity index is 2.27. The minimum atomic E-state index is -3.77. The fraction of sp³-hybridized carbons (Fsp3) is 0.462. The van der Waals surface area contributed by atoms with E-state index < -0.39 is 21.4 Å². The van der Waals surface area contributed by atoms with E-state index in [1.54, 1.807) is 6.92 Å². The summed E-state index contributed by atoms with van der Waals surface area (Å²) >= 11 is 11.8. The maximum Gasteiger partial charge on any atom is 0.309 e. The molecule has 0 saturated carbocycles. The molecule has 1 heterocycles.